The molecule has 0 aliphatic carbocycles. The van der Waals surface area contributed by atoms with Gasteiger partial charge in [0.05, 0.1) is 12.0 Å². The number of hydrogen-bond donors (Lipinski definition) is 2. The highest BCUT2D eigenvalue weighted by Crippen LogP contribution is 2.36. The van der Waals surface area contributed by atoms with Crippen LogP contribution in [0.2, 0.25) is 0 Å². The molecule has 0 aromatic heterocycles. The summed E-state index contributed by atoms with van der Waals surface area (Å²) < 4.78 is 5.76. The Labute approximate surface area is 97.4 Å². The van der Waals surface area contributed by atoms with Crippen molar-refractivity contribution in [3.63, 3.8) is 0 Å². The van der Waals surface area contributed by atoms with Crippen molar-refractivity contribution in [3.05, 3.63) is 0 Å². The van der Waals surface area contributed by atoms with Crippen LogP contribution in [0.4, 0.5) is 0 Å². The largest absolute Gasteiger partial charge is 0.481 e. The van der Waals surface area contributed by atoms with Gasteiger partial charge < -0.3 is 15.2 Å². The second kappa shape index (κ2) is 5.15. The maximum atomic E-state index is 11.0. The monoisotopic (exact) mass is 229 g/mol. The van der Waals surface area contributed by atoms with E-state index in [2.05, 4.69) is 19.2 Å². The van der Waals surface area contributed by atoms with Gasteiger partial charge in [0.2, 0.25) is 0 Å². The summed E-state index contributed by atoms with van der Waals surface area (Å²) in [4.78, 5) is 11.0. The summed E-state index contributed by atoms with van der Waals surface area (Å²) in [5.41, 5.74) is -0.473. The van der Waals surface area contributed by atoms with Crippen LogP contribution in [0.3, 0.4) is 0 Å². The van der Waals surface area contributed by atoms with Crippen LogP contribution in [0.25, 0.3) is 0 Å². The van der Waals surface area contributed by atoms with Gasteiger partial charge in [-0.1, -0.05) is 13.8 Å². The molecule has 94 valence electrons. The van der Waals surface area contributed by atoms with Crippen LogP contribution in [-0.2, 0) is 9.53 Å². The van der Waals surface area contributed by atoms with E-state index in [1.165, 1.54) is 0 Å². The minimum absolute atomic E-state index is 0.180. The van der Waals surface area contributed by atoms with Gasteiger partial charge in [-0.15, -0.1) is 0 Å². The van der Waals surface area contributed by atoms with Crippen LogP contribution in [0.5, 0.6) is 0 Å². The van der Waals surface area contributed by atoms with Gasteiger partial charge in [-0.2, -0.15) is 0 Å². The third kappa shape index (κ3) is 3.19. The molecule has 0 spiro atoms. The molecule has 1 rings (SSSR count). The molecule has 0 aromatic carbocycles. The predicted molar refractivity (Wildman–Crippen MR) is 62.5 cm³/mol. The fourth-order valence-corrected chi connectivity index (χ4v) is 2.60. The first-order chi connectivity index (χ1) is 7.45. The second-order valence-corrected chi connectivity index (χ2v) is 4.96. The number of carboxylic acids is 1. The van der Waals surface area contributed by atoms with E-state index in [0.29, 0.717) is 6.61 Å². The third-order valence-corrected chi connectivity index (χ3v) is 3.53. The van der Waals surface area contributed by atoms with Gasteiger partial charge in [-0.25, -0.2) is 0 Å². The maximum Gasteiger partial charge on any atom is 0.305 e. The van der Waals surface area contributed by atoms with Crippen LogP contribution >= 0.6 is 0 Å². The Balaban J connectivity index is 2.79. The Kier molecular flexibility index (Phi) is 4.33. The average Bonchev–Trinajstić information content (AvgIpc) is 2.16. The highest BCUT2D eigenvalue weighted by Gasteiger charge is 2.43. The van der Waals surface area contributed by atoms with E-state index >= 15 is 0 Å². The van der Waals surface area contributed by atoms with Crippen LogP contribution in [-0.4, -0.2) is 35.4 Å². The number of carboxylic acid groups (broad SMARTS) is 1. The third-order valence-electron chi connectivity index (χ3n) is 3.53. The molecule has 4 heteroatoms. The minimum atomic E-state index is -0.735. The van der Waals surface area contributed by atoms with Gasteiger partial charge in [0, 0.05) is 12.1 Å². The molecule has 0 aromatic rings. The van der Waals surface area contributed by atoms with Crippen molar-refractivity contribution in [2.75, 3.05) is 13.2 Å². The summed E-state index contributed by atoms with van der Waals surface area (Å²) in [5, 5.41) is 12.4. The van der Waals surface area contributed by atoms with E-state index in [4.69, 9.17) is 9.84 Å². The van der Waals surface area contributed by atoms with Crippen molar-refractivity contribution in [1.29, 1.82) is 0 Å². The molecule has 2 N–H and O–H groups in total. The lowest BCUT2D eigenvalue weighted by atomic mass is 9.77. The van der Waals surface area contributed by atoms with E-state index in [-0.39, 0.29) is 17.6 Å². The Morgan fingerprint density at radius 3 is 2.69 bits per heavy atom. The molecule has 1 heterocycles. The van der Waals surface area contributed by atoms with E-state index < -0.39 is 5.97 Å². The van der Waals surface area contributed by atoms with Crippen LogP contribution in [0, 0.1) is 0 Å². The van der Waals surface area contributed by atoms with Crippen molar-refractivity contribution in [2.45, 2.75) is 57.6 Å². The molecule has 0 bridgehead atoms. The summed E-state index contributed by atoms with van der Waals surface area (Å²) in [6.45, 7) is 7.61. The smallest absolute Gasteiger partial charge is 0.305 e. The van der Waals surface area contributed by atoms with Gasteiger partial charge in [0.15, 0.2) is 0 Å². The number of rotatable bonds is 5. The van der Waals surface area contributed by atoms with Crippen LogP contribution in [0.1, 0.15) is 46.5 Å². The zero-order valence-electron chi connectivity index (χ0n) is 10.5. The van der Waals surface area contributed by atoms with Gasteiger partial charge in [0.25, 0.3) is 0 Å². The van der Waals surface area contributed by atoms with Gasteiger partial charge in [-0.3, -0.25) is 4.79 Å². The van der Waals surface area contributed by atoms with E-state index in [1.807, 2.05) is 6.92 Å². The van der Waals surface area contributed by atoms with Crippen molar-refractivity contribution < 1.29 is 14.6 Å². The van der Waals surface area contributed by atoms with Gasteiger partial charge in [0.1, 0.15) is 0 Å². The fourth-order valence-electron chi connectivity index (χ4n) is 2.60. The molecule has 4 nitrogen and oxygen atoms in total. The lowest BCUT2D eigenvalue weighted by Gasteiger charge is -2.46. The minimum Gasteiger partial charge on any atom is -0.481 e. The topological polar surface area (TPSA) is 58.6 Å². The average molecular weight is 229 g/mol. The molecule has 1 fully saturated rings. The maximum absolute atomic E-state index is 11.0. The zero-order valence-corrected chi connectivity index (χ0v) is 10.5. The summed E-state index contributed by atoms with van der Waals surface area (Å²) in [5.74, 6) is -0.735. The Bertz CT molecular complexity index is 253. The second-order valence-electron chi connectivity index (χ2n) is 4.96. The summed E-state index contributed by atoms with van der Waals surface area (Å²) in [7, 11) is 0. The highest BCUT2D eigenvalue weighted by molar-refractivity contribution is 5.68. The van der Waals surface area contributed by atoms with Crippen LogP contribution in [0.15, 0.2) is 0 Å². The number of aliphatic carboxylic acids is 1. The van der Waals surface area contributed by atoms with Gasteiger partial charge >= 0.3 is 5.97 Å². The number of nitrogens with one attached hydrogen (secondary N) is 1. The Morgan fingerprint density at radius 2 is 2.19 bits per heavy atom. The predicted octanol–water partition coefficient (Wildman–Crippen LogP) is 1.79. The first kappa shape index (κ1) is 13.5. The molecular formula is C12H23NO3. The first-order valence-electron chi connectivity index (χ1n) is 6.06. The van der Waals surface area contributed by atoms with Crippen molar-refractivity contribution in [3.8, 4) is 0 Å². The normalized spacial score (nSPS) is 34.9. The molecular weight excluding hydrogens is 206 g/mol. The van der Waals surface area contributed by atoms with E-state index in [0.717, 1.165) is 25.8 Å². The summed E-state index contributed by atoms with van der Waals surface area (Å²) in [6, 6.07) is 0. The van der Waals surface area contributed by atoms with Crippen molar-refractivity contribution in [2.24, 2.45) is 0 Å². The zero-order chi connectivity index (χ0) is 12.2. The van der Waals surface area contributed by atoms with Crippen LogP contribution < -0.4 is 5.32 Å². The number of hydrogen-bond acceptors (Lipinski definition) is 3. The molecule has 16 heavy (non-hydrogen) atoms. The standard InChI is InChI=1S/C12H23NO3/c1-4-11(3)9-12(13-5-2,6-7-16-11)8-10(14)15/h13H,4-9H2,1-3H3,(H,14,15). The fraction of sp³-hybridized carbons (Fsp3) is 0.917. The van der Waals surface area contributed by atoms with Gasteiger partial charge in [-0.05, 0) is 32.7 Å². The summed E-state index contributed by atoms with van der Waals surface area (Å²) >= 11 is 0. The summed E-state index contributed by atoms with van der Waals surface area (Å²) in [6.07, 6.45) is 2.65. The quantitative estimate of drug-likeness (QED) is 0.754. The molecule has 0 amide bonds. The molecule has 1 aliphatic rings. The number of carbonyl (C=O) groups is 1. The first-order valence-corrected chi connectivity index (χ1v) is 6.06. The lowest BCUT2D eigenvalue weighted by molar-refractivity contribution is -0.144. The Morgan fingerprint density at radius 1 is 1.50 bits per heavy atom. The molecule has 2 atom stereocenters. The Hall–Kier alpha value is -0.610. The lowest BCUT2D eigenvalue weighted by Crippen LogP contribution is -2.56. The molecule has 1 saturated heterocycles. The molecule has 2 unspecified atom stereocenters. The SMILES string of the molecule is CCNC1(CC(=O)O)CCOC(C)(CC)C1. The number of ether oxygens (including phenoxy) is 1. The van der Waals surface area contributed by atoms with Crippen molar-refractivity contribution in [1.82, 2.24) is 5.32 Å². The molecule has 1 aliphatic heterocycles. The van der Waals surface area contributed by atoms with E-state index in [9.17, 15) is 4.79 Å². The van der Waals surface area contributed by atoms with E-state index in [1.54, 1.807) is 0 Å². The highest BCUT2D eigenvalue weighted by atomic mass is 16.5. The molecule has 0 saturated carbocycles. The van der Waals surface area contributed by atoms with Crippen molar-refractivity contribution >= 4 is 5.97 Å². The molecule has 0 radical (unpaired) electrons.